The molecule has 2 heterocycles. The maximum atomic E-state index is 12.7. The second kappa shape index (κ2) is 7.11. The molecule has 1 aromatic carbocycles. The number of rotatable bonds is 5. The molecular weight excluding hydrogens is 304 g/mol. The van der Waals surface area contributed by atoms with Crippen molar-refractivity contribution in [3.63, 3.8) is 0 Å². The van der Waals surface area contributed by atoms with Gasteiger partial charge in [-0.1, -0.05) is 12.1 Å². The quantitative estimate of drug-likeness (QED) is 0.822. The van der Waals surface area contributed by atoms with Crippen LogP contribution in [0.4, 0.5) is 0 Å². The number of hydrogen-bond donors (Lipinski definition) is 0. The van der Waals surface area contributed by atoms with Gasteiger partial charge in [0, 0.05) is 44.6 Å². The number of benzene rings is 1. The van der Waals surface area contributed by atoms with Crippen LogP contribution in [0.2, 0.25) is 0 Å². The third-order valence-electron chi connectivity index (χ3n) is 5.58. The van der Waals surface area contributed by atoms with Gasteiger partial charge in [0.1, 0.15) is 5.75 Å². The van der Waals surface area contributed by atoms with Crippen molar-refractivity contribution in [1.82, 2.24) is 9.80 Å². The van der Waals surface area contributed by atoms with E-state index in [1.807, 2.05) is 29.2 Å². The van der Waals surface area contributed by atoms with Crippen LogP contribution in [0.5, 0.6) is 5.75 Å². The third-order valence-corrected chi connectivity index (χ3v) is 5.58. The maximum absolute atomic E-state index is 12.7. The summed E-state index contributed by atoms with van der Waals surface area (Å²) in [5.74, 6) is 1.53. The first-order chi connectivity index (χ1) is 11.6. The number of ether oxygens (including phenoxy) is 2. The highest BCUT2D eigenvalue weighted by Crippen LogP contribution is 2.43. The van der Waals surface area contributed by atoms with E-state index in [4.69, 9.17) is 9.47 Å². The summed E-state index contributed by atoms with van der Waals surface area (Å²) in [5.41, 5.74) is 1.21. The standard InChI is InChI=1S/C19H28N2O3/c1-20-11-16(12-23-2)19(13-20)7-8-21(14-19)18(22)10-15-5-4-6-17(9-15)24-3/h4-6,9,16H,7-8,10-14H2,1-3H3/t16-,19+/m0/s1. The first kappa shape index (κ1) is 17.2. The minimum Gasteiger partial charge on any atom is -0.497 e. The van der Waals surface area contributed by atoms with Crippen molar-refractivity contribution in [3.05, 3.63) is 29.8 Å². The van der Waals surface area contributed by atoms with Crippen molar-refractivity contribution >= 4 is 5.91 Å². The van der Waals surface area contributed by atoms with Crippen molar-refractivity contribution in [1.29, 1.82) is 0 Å². The summed E-state index contributed by atoms with van der Waals surface area (Å²) < 4.78 is 10.7. The van der Waals surface area contributed by atoms with Crippen LogP contribution in [0.15, 0.2) is 24.3 Å². The zero-order chi connectivity index (χ0) is 17.2. The Hall–Kier alpha value is -1.59. The minimum absolute atomic E-state index is 0.203. The van der Waals surface area contributed by atoms with Gasteiger partial charge in [-0.05, 0) is 31.2 Å². The highest BCUT2D eigenvalue weighted by molar-refractivity contribution is 5.79. The molecule has 0 aromatic heterocycles. The van der Waals surface area contributed by atoms with Crippen molar-refractivity contribution in [2.75, 3.05) is 54.1 Å². The van der Waals surface area contributed by atoms with Gasteiger partial charge in [0.2, 0.25) is 5.91 Å². The van der Waals surface area contributed by atoms with Gasteiger partial charge in [0.25, 0.3) is 0 Å². The Morgan fingerprint density at radius 3 is 2.92 bits per heavy atom. The van der Waals surface area contributed by atoms with Gasteiger partial charge in [-0.15, -0.1) is 0 Å². The lowest BCUT2D eigenvalue weighted by molar-refractivity contribution is -0.130. The average molecular weight is 332 g/mol. The second-order valence-corrected chi connectivity index (χ2v) is 7.30. The fourth-order valence-corrected chi connectivity index (χ4v) is 4.37. The van der Waals surface area contributed by atoms with Gasteiger partial charge >= 0.3 is 0 Å². The Labute approximate surface area is 144 Å². The van der Waals surface area contributed by atoms with E-state index >= 15 is 0 Å². The van der Waals surface area contributed by atoms with Gasteiger partial charge in [0.15, 0.2) is 0 Å². The van der Waals surface area contributed by atoms with Gasteiger partial charge in [-0.3, -0.25) is 4.79 Å². The van der Waals surface area contributed by atoms with Crippen LogP contribution < -0.4 is 4.74 Å². The van der Waals surface area contributed by atoms with E-state index in [0.29, 0.717) is 12.3 Å². The van der Waals surface area contributed by atoms with Crippen LogP contribution in [0, 0.1) is 11.3 Å². The molecule has 0 aliphatic carbocycles. The van der Waals surface area contributed by atoms with E-state index < -0.39 is 0 Å². The molecule has 2 aliphatic rings. The van der Waals surface area contributed by atoms with E-state index in [0.717, 1.165) is 50.5 Å². The number of methoxy groups -OCH3 is 2. The number of carbonyl (C=O) groups excluding carboxylic acids is 1. The van der Waals surface area contributed by atoms with Gasteiger partial charge in [-0.25, -0.2) is 0 Å². The molecule has 0 radical (unpaired) electrons. The second-order valence-electron chi connectivity index (χ2n) is 7.30. The fourth-order valence-electron chi connectivity index (χ4n) is 4.37. The molecule has 2 fully saturated rings. The number of hydrogen-bond acceptors (Lipinski definition) is 4. The molecule has 2 atom stereocenters. The predicted octanol–water partition coefficient (Wildman–Crippen LogP) is 1.66. The number of nitrogens with zero attached hydrogens (tertiary/aromatic N) is 2. The van der Waals surface area contributed by atoms with Crippen LogP contribution in [-0.4, -0.2) is 69.8 Å². The molecule has 5 nitrogen and oxygen atoms in total. The van der Waals surface area contributed by atoms with Gasteiger partial charge < -0.3 is 19.3 Å². The Bertz CT molecular complexity index is 592. The topological polar surface area (TPSA) is 42.0 Å². The summed E-state index contributed by atoms with van der Waals surface area (Å²) in [6.07, 6.45) is 1.52. The van der Waals surface area contributed by atoms with Crippen molar-refractivity contribution in [2.45, 2.75) is 12.8 Å². The fraction of sp³-hybridized carbons (Fsp3) is 0.632. The Morgan fingerprint density at radius 2 is 2.17 bits per heavy atom. The van der Waals surface area contributed by atoms with E-state index in [2.05, 4.69) is 11.9 Å². The molecule has 1 amide bonds. The summed E-state index contributed by atoms with van der Waals surface area (Å²) in [4.78, 5) is 17.2. The van der Waals surface area contributed by atoms with Crippen molar-refractivity contribution in [3.8, 4) is 5.75 Å². The van der Waals surface area contributed by atoms with Crippen LogP contribution in [0.3, 0.4) is 0 Å². The predicted molar refractivity (Wildman–Crippen MR) is 93.2 cm³/mol. The van der Waals surface area contributed by atoms with Crippen molar-refractivity contribution in [2.24, 2.45) is 11.3 Å². The lowest BCUT2D eigenvalue weighted by Crippen LogP contribution is -2.38. The molecule has 0 unspecified atom stereocenters. The minimum atomic E-state index is 0.203. The van der Waals surface area contributed by atoms with E-state index in [-0.39, 0.29) is 11.3 Å². The Kier molecular flexibility index (Phi) is 5.11. The lowest BCUT2D eigenvalue weighted by Gasteiger charge is -2.30. The summed E-state index contributed by atoms with van der Waals surface area (Å²) in [6, 6.07) is 7.78. The van der Waals surface area contributed by atoms with Crippen LogP contribution in [0.25, 0.3) is 0 Å². The third kappa shape index (κ3) is 3.42. The Balaban J connectivity index is 1.65. The van der Waals surface area contributed by atoms with Crippen LogP contribution >= 0.6 is 0 Å². The monoisotopic (exact) mass is 332 g/mol. The molecule has 2 aliphatic heterocycles. The molecule has 2 saturated heterocycles. The largest absolute Gasteiger partial charge is 0.497 e. The number of carbonyl (C=O) groups is 1. The summed E-state index contributed by atoms with van der Waals surface area (Å²) in [6.45, 7) is 4.61. The zero-order valence-electron chi connectivity index (χ0n) is 15.0. The molecule has 1 aromatic rings. The molecule has 5 heteroatoms. The lowest BCUT2D eigenvalue weighted by atomic mass is 9.77. The molecule has 1 spiro atoms. The van der Waals surface area contributed by atoms with Crippen molar-refractivity contribution < 1.29 is 14.3 Å². The summed E-state index contributed by atoms with van der Waals surface area (Å²) in [7, 11) is 5.59. The maximum Gasteiger partial charge on any atom is 0.227 e. The molecule has 0 saturated carbocycles. The van der Waals surface area contributed by atoms with E-state index in [1.165, 1.54) is 0 Å². The highest BCUT2D eigenvalue weighted by Gasteiger charge is 2.50. The SMILES string of the molecule is COC[C@@H]1CN(C)C[C@@]12CCN(C(=O)Cc1cccc(OC)c1)C2. The first-order valence-corrected chi connectivity index (χ1v) is 8.64. The van der Waals surface area contributed by atoms with E-state index in [1.54, 1.807) is 14.2 Å². The zero-order valence-corrected chi connectivity index (χ0v) is 15.0. The molecular formula is C19H28N2O3. The first-order valence-electron chi connectivity index (χ1n) is 8.64. The van der Waals surface area contributed by atoms with Crippen LogP contribution in [-0.2, 0) is 16.0 Å². The average Bonchev–Trinajstić information content (AvgIpc) is 3.12. The highest BCUT2D eigenvalue weighted by atomic mass is 16.5. The molecule has 24 heavy (non-hydrogen) atoms. The van der Waals surface area contributed by atoms with Gasteiger partial charge in [0.05, 0.1) is 20.1 Å². The molecule has 0 N–H and O–H groups in total. The molecule has 132 valence electrons. The number of likely N-dealkylation sites (tertiary alicyclic amines) is 2. The number of amides is 1. The van der Waals surface area contributed by atoms with E-state index in [9.17, 15) is 4.79 Å². The summed E-state index contributed by atoms with van der Waals surface area (Å²) in [5, 5.41) is 0. The van der Waals surface area contributed by atoms with Crippen LogP contribution in [0.1, 0.15) is 12.0 Å². The normalized spacial score (nSPS) is 27.1. The smallest absolute Gasteiger partial charge is 0.227 e. The molecule has 0 bridgehead atoms. The van der Waals surface area contributed by atoms with Gasteiger partial charge in [-0.2, -0.15) is 0 Å². The summed E-state index contributed by atoms with van der Waals surface area (Å²) >= 11 is 0. The molecule has 3 rings (SSSR count). The Morgan fingerprint density at radius 1 is 1.33 bits per heavy atom.